The normalized spacial score (nSPS) is 38.2. The number of hydrogen-bond donors (Lipinski definition) is 3. The molecule has 3 heterocycles. The van der Waals surface area contributed by atoms with Crippen LogP contribution in [0.4, 0.5) is 4.79 Å². The second-order valence-corrected chi connectivity index (χ2v) is 20.9. The molecule has 13 atom stereocenters. The highest BCUT2D eigenvalue weighted by Crippen LogP contribution is 2.67. The number of hydrogen-bond acceptors (Lipinski definition) is 9. The van der Waals surface area contributed by atoms with Gasteiger partial charge in [-0.3, -0.25) is 23.4 Å². The number of nitrogens with one attached hydrogen (secondary N) is 2. The highest BCUT2D eigenvalue weighted by molar-refractivity contribution is 7.51. The molecule has 3 unspecified atom stereocenters. The van der Waals surface area contributed by atoms with E-state index in [-0.39, 0.29) is 36.8 Å². The Morgan fingerprint density at radius 3 is 2.67 bits per heavy atom. The van der Waals surface area contributed by atoms with E-state index in [2.05, 4.69) is 62.8 Å². The molecule has 2 saturated heterocycles. The summed E-state index contributed by atoms with van der Waals surface area (Å²) in [5, 5.41) is 2.70. The van der Waals surface area contributed by atoms with Gasteiger partial charge in [-0.05, 0) is 91.3 Å². The van der Waals surface area contributed by atoms with E-state index in [1.54, 1.807) is 0 Å². The second kappa shape index (κ2) is 16.4. The molecule has 0 aromatic carbocycles. The van der Waals surface area contributed by atoms with Crippen molar-refractivity contribution in [2.75, 3.05) is 33.5 Å². The average molecular weight is 814 g/mol. The Balaban J connectivity index is 0.938. The van der Waals surface area contributed by atoms with Gasteiger partial charge in [0.2, 0.25) is 0 Å². The number of methoxy groups -OCH3 is 1. The zero-order valence-electron chi connectivity index (χ0n) is 34.8. The number of aromatic nitrogens is 2. The Kier molecular flexibility index (Phi) is 12.2. The summed E-state index contributed by atoms with van der Waals surface area (Å²) >= 11 is 0. The van der Waals surface area contributed by atoms with E-state index in [0.717, 1.165) is 66.5 Å². The van der Waals surface area contributed by atoms with Gasteiger partial charge in [-0.2, -0.15) is 0 Å². The largest absolute Gasteiger partial charge is 0.446 e. The average Bonchev–Trinajstić information content (AvgIpc) is 3.76. The van der Waals surface area contributed by atoms with E-state index in [9.17, 15) is 23.8 Å². The lowest BCUT2D eigenvalue weighted by Crippen LogP contribution is -2.51. The topological polar surface area (TPSA) is 167 Å². The van der Waals surface area contributed by atoms with Crippen LogP contribution in [0.3, 0.4) is 0 Å². The predicted octanol–water partition coefficient (Wildman–Crippen LogP) is 6.54. The summed E-state index contributed by atoms with van der Waals surface area (Å²) in [5.74, 6) is 10.2. The first kappa shape index (κ1) is 42.4. The molecule has 316 valence electrons. The van der Waals surface area contributed by atoms with Gasteiger partial charge in [0.25, 0.3) is 5.56 Å². The lowest BCUT2D eigenvalue weighted by atomic mass is 9.47. The van der Waals surface area contributed by atoms with Crippen molar-refractivity contribution in [3.63, 3.8) is 0 Å². The van der Waals surface area contributed by atoms with E-state index >= 15 is 0 Å². The van der Waals surface area contributed by atoms with Crippen molar-refractivity contribution in [3.8, 4) is 11.8 Å². The highest BCUT2D eigenvalue weighted by Gasteiger charge is 2.65. The van der Waals surface area contributed by atoms with Crippen LogP contribution in [0.1, 0.15) is 117 Å². The third-order valence-electron chi connectivity index (χ3n) is 15.0. The number of amides is 1. The van der Waals surface area contributed by atoms with Crippen LogP contribution in [0, 0.1) is 58.2 Å². The molecule has 1 aromatic rings. The molecule has 6 aliphatic rings. The molecule has 0 radical (unpaired) electrons. The first-order valence-corrected chi connectivity index (χ1v) is 23.3. The minimum absolute atomic E-state index is 0.0192. The maximum atomic E-state index is 12.9. The van der Waals surface area contributed by atoms with Crippen molar-refractivity contribution >= 4 is 13.7 Å². The summed E-state index contributed by atoms with van der Waals surface area (Å²) < 4.78 is 41.9. The van der Waals surface area contributed by atoms with E-state index < -0.39 is 49.0 Å². The van der Waals surface area contributed by atoms with Gasteiger partial charge in [0, 0.05) is 26.4 Å². The number of carbonyl (C=O) groups is 1. The molecule has 5 fully saturated rings. The number of H-pyrrole nitrogens is 1. The number of carbonyl (C=O) groups excluding carboxylic acids is 1. The summed E-state index contributed by atoms with van der Waals surface area (Å²) in [6, 6.07) is 0. The summed E-state index contributed by atoms with van der Waals surface area (Å²) in [6.45, 7) is 13.3. The molecule has 14 heteroatoms. The zero-order chi connectivity index (χ0) is 40.9. The van der Waals surface area contributed by atoms with Gasteiger partial charge in [-0.15, -0.1) is 0 Å². The Hall–Kier alpha value is -2.72. The summed E-state index contributed by atoms with van der Waals surface area (Å²) in [4.78, 5) is 50.7. The number of alkyl carbamates (subject to hydrolysis) is 1. The van der Waals surface area contributed by atoms with Gasteiger partial charge >= 0.3 is 19.4 Å². The Labute approximate surface area is 336 Å². The first-order valence-electron chi connectivity index (χ1n) is 21.2. The summed E-state index contributed by atoms with van der Waals surface area (Å²) in [7, 11) is -2.52. The van der Waals surface area contributed by atoms with Crippen LogP contribution < -0.4 is 16.6 Å². The van der Waals surface area contributed by atoms with Crippen LogP contribution in [0.15, 0.2) is 27.4 Å². The fourth-order valence-corrected chi connectivity index (χ4v) is 13.0. The fraction of sp³-hybridized carbons (Fsp3) is 0.791. The Bertz CT molecular complexity index is 1930. The molecule has 13 nitrogen and oxygen atoms in total. The summed E-state index contributed by atoms with van der Waals surface area (Å²) in [6.07, 6.45) is 13.1. The third-order valence-corrected chi connectivity index (χ3v) is 15.6. The summed E-state index contributed by atoms with van der Waals surface area (Å²) in [5.41, 5.74) is -0.705. The third kappa shape index (κ3) is 8.25. The van der Waals surface area contributed by atoms with E-state index in [1.165, 1.54) is 63.8 Å². The molecule has 3 saturated carbocycles. The molecule has 2 aliphatic heterocycles. The van der Waals surface area contributed by atoms with E-state index in [4.69, 9.17) is 23.5 Å². The van der Waals surface area contributed by atoms with Crippen LogP contribution in [0.2, 0.25) is 0 Å². The van der Waals surface area contributed by atoms with E-state index in [1.807, 2.05) is 0 Å². The SMILES string of the molecule is COC[C@@]12COC([C@H](n3cc(C#CCNC(=O)O[C@H]4CC[C@@]5(C)C(=CC[C@H]6[C@@H]7CC[C@H](C(C)CCCC(C)C)[C@@]7(C)CC[C@@H]65)C4)c(=O)[nH]c3=O)O1)[C@H]2OP(C)(=O)O. The molecular formula is C43H64N3O10P. The zero-order valence-corrected chi connectivity index (χ0v) is 35.7. The molecule has 7 rings (SSSR count). The maximum Gasteiger partial charge on any atom is 0.408 e. The van der Waals surface area contributed by atoms with Crippen LogP contribution >= 0.6 is 7.60 Å². The second-order valence-electron chi connectivity index (χ2n) is 19.0. The lowest BCUT2D eigenvalue weighted by Gasteiger charge is -2.58. The quantitative estimate of drug-likeness (QED) is 0.120. The van der Waals surface area contributed by atoms with Crippen molar-refractivity contribution in [2.24, 2.45) is 46.3 Å². The van der Waals surface area contributed by atoms with Gasteiger partial charge in [-0.1, -0.05) is 77.4 Å². The smallest absolute Gasteiger partial charge is 0.408 e. The van der Waals surface area contributed by atoms with Crippen molar-refractivity contribution in [3.05, 3.63) is 44.2 Å². The van der Waals surface area contributed by atoms with Gasteiger partial charge in [0.05, 0.1) is 19.8 Å². The molecular weight excluding hydrogens is 749 g/mol. The number of nitrogens with zero attached hydrogens (tertiary/aromatic N) is 1. The molecule has 57 heavy (non-hydrogen) atoms. The predicted molar refractivity (Wildman–Crippen MR) is 215 cm³/mol. The Morgan fingerprint density at radius 2 is 1.93 bits per heavy atom. The lowest BCUT2D eigenvalue weighted by molar-refractivity contribution is -0.190. The highest BCUT2D eigenvalue weighted by atomic mass is 31.2. The van der Waals surface area contributed by atoms with Crippen molar-refractivity contribution < 1.29 is 37.7 Å². The van der Waals surface area contributed by atoms with Crippen LogP contribution in [-0.2, 0) is 28.0 Å². The number of fused-ring (bicyclic) bond motifs is 7. The maximum absolute atomic E-state index is 12.9. The number of aromatic amines is 1. The number of allylic oxidation sites excluding steroid dienone is 1. The fourth-order valence-electron chi connectivity index (χ4n) is 12.3. The molecule has 4 aliphatic carbocycles. The molecule has 1 aromatic heterocycles. The molecule has 3 N–H and O–H groups in total. The molecule has 2 bridgehead atoms. The van der Waals surface area contributed by atoms with Crippen molar-refractivity contribution in [1.29, 1.82) is 0 Å². The standard InChI is InChI=1S/C43H64N3O10P/c1-26(2)10-8-11-27(3)32-15-16-33-31-14-13-29-22-30(17-19-41(29,4)34(31)18-20-42(32,33)5)54-40(49)44-21-9-12-28-23-46(39(48)45-37(28)47)38-35-36(56-57(7,50)51)43(55-38,24-52-6)25-53-35/h13,23,26-27,30-36,38H,8,10-11,14-22,24-25H2,1-7H3,(H,44,49)(H,50,51)(H,45,47,48)/t27?,30-,31-,32+,33-,34-,35?,36+,38+,41-,42+,43-/m0/s1. The van der Waals surface area contributed by atoms with Crippen LogP contribution in [-0.4, -0.2) is 78.0 Å². The van der Waals surface area contributed by atoms with Gasteiger partial charge < -0.3 is 29.2 Å². The monoisotopic (exact) mass is 813 g/mol. The number of ether oxygens (including phenoxy) is 4. The minimum Gasteiger partial charge on any atom is -0.446 e. The minimum atomic E-state index is -3.96. The Morgan fingerprint density at radius 1 is 1.14 bits per heavy atom. The van der Waals surface area contributed by atoms with Gasteiger partial charge in [-0.25, -0.2) is 9.59 Å². The van der Waals surface area contributed by atoms with E-state index in [0.29, 0.717) is 11.3 Å². The van der Waals surface area contributed by atoms with Crippen LogP contribution in [0.25, 0.3) is 0 Å². The van der Waals surface area contributed by atoms with Gasteiger partial charge in [0.1, 0.15) is 29.5 Å². The van der Waals surface area contributed by atoms with Crippen molar-refractivity contribution in [2.45, 2.75) is 135 Å². The first-order chi connectivity index (χ1) is 27.0. The van der Waals surface area contributed by atoms with Crippen LogP contribution in [0.5, 0.6) is 0 Å². The van der Waals surface area contributed by atoms with Crippen molar-refractivity contribution in [1.82, 2.24) is 14.9 Å². The number of rotatable bonds is 12. The molecule has 1 amide bonds. The molecule has 0 spiro atoms. The van der Waals surface area contributed by atoms with Gasteiger partial charge in [0.15, 0.2) is 6.23 Å².